The van der Waals surface area contributed by atoms with E-state index in [1.165, 1.54) is 12.5 Å². The van der Waals surface area contributed by atoms with Crippen molar-refractivity contribution in [3.63, 3.8) is 0 Å². The Morgan fingerprint density at radius 3 is 2.03 bits per heavy atom. The first-order chi connectivity index (χ1) is 15.1. The fourth-order valence-electron chi connectivity index (χ4n) is 2.48. The second-order valence-electron chi connectivity index (χ2n) is 6.78. The summed E-state index contributed by atoms with van der Waals surface area (Å²) in [5.41, 5.74) is 11.5. The van der Waals surface area contributed by atoms with Crippen molar-refractivity contribution in [2.75, 3.05) is 13.2 Å². The molecule has 1 aromatic rings. The van der Waals surface area contributed by atoms with Gasteiger partial charge < -0.3 is 47.7 Å². The topological polar surface area (TPSA) is 263 Å². The first-order valence-electron chi connectivity index (χ1n) is 9.45. The molecule has 32 heavy (non-hydrogen) atoms. The molecule has 0 spiro atoms. The van der Waals surface area contributed by atoms with Crippen LogP contribution in [0.25, 0.3) is 0 Å². The van der Waals surface area contributed by atoms with E-state index in [2.05, 4.69) is 20.6 Å². The van der Waals surface area contributed by atoms with E-state index < -0.39 is 67.0 Å². The normalized spacial score (nSPS) is 14.5. The Hall–Kier alpha value is -3.56. The molecule has 0 radical (unpaired) electrons. The van der Waals surface area contributed by atoms with Crippen molar-refractivity contribution in [3.05, 3.63) is 18.2 Å². The number of carbonyl (C=O) groups excluding carboxylic acids is 4. The van der Waals surface area contributed by atoms with E-state index in [0.717, 1.165) is 0 Å². The molecular formula is C17H27N7O8. The van der Waals surface area contributed by atoms with Crippen LogP contribution in [0.5, 0.6) is 0 Å². The average molecular weight is 457 g/mol. The minimum atomic E-state index is -1.65. The maximum absolute atomic E-state index is 12.6. The van der Waals surface area contributed by atoms with Gasteiger partial charge in [-0.1, -0.05) is 0 Å². The third-order valence-corrected chi connectivity index (χ3v) is 4.26. The van der Waals surface area contributed by atoms with Crippen LogP contribution in [0, 0.1) is 0 Å². The summed E-state index contributed by atoms with van der Waals surface area (Å²) < 4.78 is 0. The minimum absolute atomic E-state index is 0.0788. The Morgan fingerprint density at radius 1 is 0.969 bits per heavy atom. The van der Waals surface area contributed by atoms with Crippen LogP contribution < -0.4 is 27.4 Å². The fourth-order valence-corrected chi connectivity index (χ4v) is 2.48. The van der Waals surface area contributed by atoms with E-state index in [1.807, 2.05) is 5.32 Å². The van der Waals surface area contributed by atoms with E-state index in [4.69, 9.17) is 21.7 Å². The number of aromatic amines is 1. The summed E-state index contributed by atoms with van der Waals surface area (Å²) in [6.45, 7) is -1.83. The van der Waals surface area contributed by atoms with Crippen LogP contribution >= 0.6 is 0 Å². The molecular weight excluding hydrogens is 430 g/mol. The summed E-state index contributed by atoms with van der Waals surface area (Å²) in [7, 11) is 0. The van der Waals surface area contributed by atoms with E-state index in [9.17, 15) is 29.1 Å². The van der Waals surface area contributed by atoms with Gasteiger partial charge in [-0.3, -0.25) is 19.2 Å². The third-order valence-electron chi connectivity index (χ3n) is 4.26. The third kappa shape index (κ3) is 8.66. The Labute approximate surface area is 181 Å². The maximum Gasteiger partial charge on any atom is 0.328 e. The second-order valence-corrected chi connectivity index (χ2v) is 6.78. The number of hydrogen-bond acceptors (Lipinski definition) is 9. The number of aliphatic carboxylic acids is 1. The first kappa shape index (κ1) is 26.5. The molecule has 1 aromatic heterocycles. The van der Waals surface area contributed by atoms with Crippen LogP contribution in [0.3, 0.4) is 0 Å². The van der Waals surface area contributed by atoms with Crippen LogP contribution in [-0.4, -0.2) is 92.3 Å². The Kier molecular flexibility index (Phi) is 10.7. The molecule has 15 nitrogen and oxygen atoms in total. The van der Waals surface area contributed by atoms with Crippen molar-refractivity contribution in [2.24, 2.45) is 11.5 Å². The van der Waals surface area contributed by atoms with E-state index in [-0.39, 0.29) is 19.3 Å². The van der Waals surface area contributed by atoms with Gasteiger partial charge in [-0.2, -0.15) is 0 Å². The molecule has 0 aliphatic heterocycles. The number of nitrogens with two attached hydrogens (primary N) is 2. The molecule has 0 fully saturated rings. The van der Waals surface area contributed by atoms with Crippen molar-refractivity contribution < 1.29 is 39.3 Å². The van der Waals surface area contributed by atoms with Crippen LogP contribution in [0.4, 0.5) is 0 Å². The minimum Gasteiger partial charge on any atom is -0.480 e. The highest BCUT2D eigenvalue weighted by Gasteiger charge is 2.30. The van der Waals surface area contributed by atoms with Gasteiger partial charge in [0.1, 0.15) is 18.1 Å². The molecule has 11 N–H and O–H groups in total. The Morgan fingerprint density at radius 2 is 1.53 bits per heavy atom. The molecule has 1 heterocycles. The molecule has 4 atom stereocenters. The number of aromatic nitrogens is 2. The number of carbonyl (C=O) groups is 5. The summed E-state index contributed by atoms with van der Waals surface area (Å²) >= 11 is 0. The maximum atomic E-state index is 12.6. The zero-order valence-electron chi connectivity index (χ0n) is 17.0. The van der Waals surface area contributed by atoms with Crippen LogP contribution in [-0.2, 0) is 30.4 Å². The number of rotatable bonds is 14. The lowest BCUT2D eigenvalue weighted by molar-refractivity contribution is -0.143. The number of aliphatic hydroxyl groups excluding tert-OH is 2. The number of imidazole rings is 1. The molecule has 0 saturated heterocycles. The van der Waals surface area contributed by atoms with Crippen molar-refractivity contribution >= 4 is 29.6 Å². The number of primary amides is 1. The molecule has 0 bridgehead atoms. The standard InChI is InChI=1S/C17H27N7O8/c18-9(3-8-4-20-7-21-8)14(28)22-10(1-2-13(19)27)15(29)23-11(5-25)16(30)24-12(6-26)17(31)32/h4,7,9-12,25-26H,1-3,5-6,18H2,(H2,19,27)(H,20,21)(H,22,28)(H,23,29)(H,24,30)(H,31,32). The molecule has 0 aromatic carbocycles. The van der Waals surface area contributed by atoms with Gasteiger partial charge in [-0.05, 0) is 6.42 Å². The number of nitrogens with one attached hydrogen (secondary N) is 4. The fraction of sp³-hybridized carbons (Fsp3) is 0.529. The number of nitrogens with zero attached hydrogens (tertiary/aromatic N) is 1. The number of H-pyrrole nitrogens is 1. The summed E-state index contributed by atoms with van der Waals surface area (Å²) in [5, 5.41) is 33.7. The summed E-state index contributed by atoms with van der Waals surface area (Å²) in [6.07, 6.45) is 2.43. The lowest BCUT2D eigenvalue weighted by Gasteiger charge is -2.23. The highest BCUT2D eigenvalue weighted by atomic mass is 16.4. The molecule has 4 unspecified atom stereocenters. The lowest BCUT2D eigenvalue weighted by atomic mass is 10.1. The largest absolute Gasteiger partial charge is 0.480 e. The van der Waals surface area contributed by atoms with Crippen molar-refractivity contribution in [3.8, 4) is 0 Å². The number of carboxylic acids is 1. The molecule has 15 heteroatoms. The average Bonchev–Trinajstić information content (AvgIpc) is 3.25. The van der Waals surface area contributed by atoms with Gasteiger partial charge in [0.15, 0.2) is 0 Å². The predicted octanol–water partition coefficient (Wildman–Crippen LogP) is -4.93. The monoisotopic (exact) mass is 457 g/mol. The van der Waals surface area contributed by atoms with Crippen molar-refractivity contribution in [1.29, 1.82) is 0 Å². The van der Waals surface area contributed by atoms with Gasteiger partial charge in [0.25, 0.3) is 0 Å². The zero-order chi connectivity index (χ0) is 24.3. The van der Waals surface area contributed by atoms with Gasteiger partial charge in [0.05, 0.1) is 25.6 Å². The SMILES string of the molecule is NC(=O)CCC(NC(=O)C(N)Cc1cnc[nH]1)C(=O)NC(CO)C(=O)NC(CO)C(=O)O. The number of aliphatic hydroxyl groups is 2. The van der Waals surface area contributed by atoms with E-state index >= 15 is 0 Å². The Bertz CT molecular complexity index is 801. The van der Waals surface area contributed by atoms with Crippen LogP contribution in [0.15, 0.2) is 12.5 Å². The quantitative estimate of drug-likeness (QED) is 0.128. The van der Waals surface area contributed by atoms with Gasteiger partial charge in [0.2, 0.25) is 23.6 Å². The van der Waals surface area contributed by atoms with Crippen LogP contribution in [0.1, 0.15) is 18.5 Å². The number of carboxylic acid groups (broad SMARTS) is 1. The molecule has 178 valence electrons. The molecule has 0 saturated carbocycles. The molecule has 0 aliphatic rings. The van der Waals surface area contributed by atoms with Gasteiger partial charge in [-0.15, -0.1) is 0 Å². The van der Waals surface area contributed by atoms with E-state index in [1.54, 1.807) is 0 Å². The van der Waals surface area contributed by atoms with Gasteiger partial charge in [-0.25, -0.2) is 9.78 Å². The second kappa shape index (κ2) is 13.0. The highest BCUT2D eigenvalue weighted by molar-refractivity contribution is 5.94. The first-order valence-corrected chi connectivity index (χ1v) is 9.45. The molecule has 4 amide bonds. The Balaban J connectivity index is 2.83. The molecule has 0 aliphatic carbocycles. The molecule has 1 rings (SSSR count). The smallest absolute Gasteiger partial charge is 0.328 e. The number of hydrogen-bond donors (Lipinski definition) is 9. The predicted molar refractivity (Wildman–Crippen MR) is 106 cm³/mol. The lowest BCUT2D eigenvalue weighted by Crippen LogP contribution is -2.58. The van der Waals surface area contributed by atoms with Crippen molar-refractivity contribution in [1.82, 2.24) is 25.9 Å². The van der Waals surface area contributed by atoms with Crippen molar-refractivity contribution in [2.45, 2.75) is 43.4 Å². The summed E-state index contributed by atoms with van der Waals surface area (Å²) in [4.78, 5) is 65.7. The van der Waals surface area contributed by atoms with Gasteiger partial charge in [0, 0.05) is 24.7 Å². The summed E-state index contributed by atoms with van der Waals surface area (Å²) in [5.74, 6) is -5.04. The summed E-state index contributed by atoms with van der Waals surface area (Å²) in [6, 6.07) is -5.66. The van der Waals surface area contributed by atoms with E-state index in [0.29, 0.717) is 5.69 Å². The van der Waals surface area contributed by atoms with Gasteiger partial charge >= 0.3 is 5.97 Å². The highest BCUT2D eigenvalue weighted by Crippen LogP contribution is 2.02. The zero-order valence-corrected chi connectivity index (χ0v) is 17.0. The number of amides is 4. The van der Waals surface area contributed by atoms with Crippen LogP contribution in [0.2, 0.25) is 0 Å².